The van der Waals surface area contributed by atoms with Crippen molar-refractivity contribution in [1.29, 1.82) is 0 Å². The van der Waals surface area contributed by atoms with Crippen LogP contribution in [0.3, 0.4) is 0 Å². The Morgan fingerprint density at radius 1 is 1.00 bits per heavy atom. The van der Waals surface area contributed by atoms with Crippen LogP contribution in [0, 0.1) is 0 Å². The molecule has 0 radical (unpaired) electrons. The van der Waals surface area contributed by atoms with Gasteiger partial charge in [0.05, 0.1) is 4.90 Å². The molecule has 0 bridgehead atoms. The van der Waals surface area contributed by atoms with E-state index >= 15 is 0 Å². The number of carbonyl (C=O) groups is 1. The van der Waals surface area contributed by atoms with Crippen LogP contribution in [0.5, 0.6) is 0 Å². The summed E-state index contributed by atoms with van der Waals surface area (Å²) in [6.45, 7) is 0.304. The van der Waals surface area contributed by atoms with Crippen LogP contribution in [-0.4, -0.2) is 26.1 Å². The van der Waals surface area contributed by atoms with E-state index in [2.05, 4.69) is 0 Å². The highest BCUT2D eigenvalue weighted by Crippen LogP contribution is 2.17. The Balaban J connectivity index is 2.22. The molecule has 0 saturated carbocycles. The Kier molecular flexibility index (Phi) is 4.32. The van der Waals surface area contributed by atoms with Crippen molar-refractivity contribution < 1.29 is 13.2 Å². The quantitative estimate of drug-likeness (QED) is 0.794. The number of hydrogen-bond acceptors (Lipinski definition) is 3. The van der Waals surface area contributed by atoms with Crippen molar-refractivity contribution in [3.63, 3.8) is 0 Å². The highest BCUT2D eigenvalue weighted by Gasteiger charge is 2.20. The predicted octanol–water partition coefficient (Wildman–Crippen LogP) is 2.32. The summed E-state index contributed by atoms with van der Waals surface area (Å²) in [5.41, 5.74) is 1.37. The molecule has 4 nitrogen and oxygen atoms in total. The van der Waals surface area contributed by atoms with Gasteiger partial charge in [-0.1, -0.05) is 42.5 Å². The molecular weight excluding hydrogens is 274 g/mol. The van der Waals surface area contributed by atoms with E-state index in [1.165, 1.54) is 35.6 Å². The number of carbonyl (C=O) groups excluding carboxylic acids is 1. The van der Waals surface area contributed by atoms with E-state index in [4.69, 9.17) is 0 Å². The maximum absolute atomic E-state index is 12.4. The second-order valence-corrected chi connectivity index (χ2v) is 6.48. The first-order valence-electron chi connectivity index (χ1n) is 6.09. The minimum absolute atomic E-state index is 0.182. The zero-order valence-electron chi connectivity index (χ0n) is 11.1. The molecule has 0 aliphatic rings. The molecule has 0 unspecified atom stereocenters. The fourth-order valence-electron chi connectivity index (χ4n) is 1.82. The lowest BCUT2D eigenvalue weighted by Crippen LogP contribution is -2.26. The molecule has 0 atom stereocenters. The Labute approximate surface area is 118 Å². The predicted molar refractivity (Wildman–Crippen MR) is 76.9 cm³/mol. The first kappa shape index (κ1) is 14.4. The van der Waals surface area contributed by atoms with Crippen LogP contribution in [0.2, 0.25) is 0 Å². The van der Waals surface area contributed by atoms with E-state index in [0.717, 1.165) is 5.56 Å². The summed E-state index contributed by atoms with van der Waals surface area (Å²) in [5.74, 6) is 0. The van der Waals surface area contributed by atoms with Gasteiger partial charge >= 0.3 is 0 Å². The zero-order chi connectivity index (χ0) is 14.6. The summed E-state index contributed by atoms with van der Waals surface area (Å²) in [5, 5.41) is 0. The monoisotopic (exact) mass is 289 g/mol. The van der Waals surface area contributed by atoms with Crippen molar-refractivity contribution in [3.8, 4) is 0 Å². The van der Waals surface area contributed by atoms with Gasteiger partial charge in [0.25, 0.3) is 0 Å². The van der Waals surface area contributed by atoms with Crippen molar-refractivity contribution in [2.75, 3.05) is 7.05 Å². The molecule has 0 N–H and O–H groups in total. The summed E-state index contributed by atoms with van der Waals surface area (Å²) >= 11 is 0. The maximum atomic E-state index is 12.4. The SMILES string of the molecule is CN(Cc1ccccc1)S(=O)(=O)c1ccc(C=O)cc1. The van der Waals surface area contributed by atoms with Crippen LogP contribution < -0.4 is 0 Å². The summed E-state index contributed by atoms with van der Waals surface area (Å²) in [6, 6.07) is 15.3. The minimum Gasteiger partial charge on any atom is -0.298 e. The van der Waals surface area contributed by atoms with E-state index in [1.807, 2.05) is 30.3 Å². The van der Waals surface area contributed by atoms with Crippen LogP contribution in [0.4, 0.5) is 0 Å². The Hall–Kier alpha value is -1.98. The molecule has 5 heteroatoms. The zero-order valence-corrected chi connectivity index (χ0v) is 11.9. The van der Waals surface area contributed by atoms with E-state index in [1.54, 1.807) is 0 Å². The number of aldehydes is 1. The molecule has 2 aromatic rings. The fourth-order valence-corrected chi connectivity index (χ4v) is 2.98. The van der Waals surface area contributed by atoms with Crippen LogP contribution in [0.15, 0.2) is 59.5 Å². The summed E-state index contributed by atoms with van der Waals surface area (Å²) in [6.07, 6.45) is 0.685. The molecule has 2 rings (SSSR count). The van der Waals surface area contributed by atoms with Gasteiger partial charge in [0, 0.05) is 19.2 Å². The maximum Gasteiger partial charge on any atom is 0.243 e. The number of rotatable bonds is 5. The number of hydrogen-bond donors (Lipinski definition) is 0. The van der Waals surface area contributed by atoms with Gasteiger partial charge in [-0.3, -0.25) is 4.79 Å². The third-order valence-corrected chi connectivity index (χ3v) is 4.79. The van der Waals surface area contributed by atoms with Crippen molar-refractivity contribution in [2.45, 2.75) is 11.4 Å². The standard InChI is InChI=1S/C15H15NO3S/c1-16(11-13-5-3-2-4-6-13)20(18,19)15-9-7-14(12-17)8-10-15/h2-10,12H,11H2,1H3. The first-order chi connectivity index (χ1) is 9.54. The lowest BCUT2D eigenvalue weighted by molar-refractivity contribution is 0.112. The second kappa shape index (κ2) is 5.98. The normalized spacial score (nSPS) is 11.5. The van der Waals surface area contributed by atoms with Gasteiger partial charge in [-0.15, -0.1) is 0 Å². The van der Waals surface area contributed by atoms with Gasteiger partial charge in [0.1, 0.15) is 6.29 Å². The third kappa shape index (κ3) is 3.12. The molecule has 2 aromatic carbocycles. The second-order valence-electron chi connectivity index (χ2n) is 4.43. The lowest BCUT2D eigenvalue weighted by Gasteiger charge is -2.17. The third-order valence-electron chi connectivity index (χ3n) is 2.97. The molecule has 0 spiro atoms. The van der Waals surface area contributed by atoms with Crippen molar-refractivity contribution >= 4 is 16.3 Å². The Morgan fingerprint density at radius 2 is 1.60 bits per heavy atom. The smallest absolute Gasteiger partial charge is 0.243 e. The lowest BCUT2D eigenvalue weighted by atomic mass is 10.2. The molecule has 0 aliphatic heterocycles. The molecule has 0 saturated heterocycles. The number of nitrogens with zero attached hydrogens (tertiary/aromatic N) is 1. The number of benzene rings is 2. The highest BCUT2D eigenvalue weighted by atomic mass is 32.2. The average Bonchev–Trinajstić information content (AvgIpc) is 2.48. The molecule has 20 heavy (non-hydrogen) atoms. The van der Waals surface area contributed by atoms with E-state index in [9.17, 15) is 13.2 Å². The summed E-state index contributed by atoms with van der Waals surface area (Å²) in [7, 11) is -2.01. The molecule has 104 valence electrons. The van der Waals surface area contributed by atoms with Gasteiger partial charge in [-0.25, -0.2) is 8.42 Å². The summed E-state index contributed by atoms with van der Waals surface area (Å²) in [4.78, 5) is 10.8. The molecule has 0 amide bonds. The highest BCUT2D eigenvalue weighted by molar-refractivity contribution is 7.89. The van der Waals surface area contributed by atoms with Crippen LogP contribution >= 0.6 is 0 Å². The van der Waals surface area contributed by atoms with E-state index in [0.29, 0.717) is 18.4 Å². The van der Waals surface area contributed by atoms with Crippen molar-refractivity contribution in [3.05, 3.63) is 65.7 Å². The van der Waals surface area contributed by atoms with Gasteiger partial charge in [-0.2, -0.15) is 4.31 Å². The van der Waals surface area contributed by atoms with E-state index in [-0.39, 0.29) is 4.90 Å². The Bertz CT molecular complexity index is 679. The van der Waals surface area contributed by atoms with Crippen molar-refractivity contribution in [1.82, 2.24) is 4.31 Å². The topological polar surface area (TPSA) is 54.5 Å². The first-order valence-corrected chi connectivity index (χ1v) is 7.53. The van der Waals surface area contributed by atoms with Crippen molar-refractivity contribution in [2.24, 2.45) is 0 Å². The van der Waals surface area contributed by atoms with Crippen LogP contribution in [0.25, 0.3) is 0 Å². The van der Waals surface area contributed by atoms with Crippen LogP contribution in [-0.2, 0) is 16.6 Å². The van der Waals surface area contributed by atoms with Gasteiger partial charge < -0.3 is 0 Å². The molecule has 0 aliphatic carbocycles. The minimum atomic E-state index is -3.54. The van der Waals surface area contributed by atoms with Gasteiger partial charge in [0.15, 0.2) is 0 Å². The van der Waals surface area contributed by atoms with Gasteiger partial charge in [0.2, 0.25) is 10.0 Å². The molecule has 0 aromatic heterocycles. The van der Waals surface area contributed by atoms with Gasteiger partial charge in [-0.05, 0) is 17.7 Å². The van der Waals surface area contributed by atoms with Crippen LogP contribution in [0.1, 0.15) is 15.9 Å². The summed E-state index contributed by atoms with van der Waals surface area (Å²) < 4.78 is 26.0. The fraction of sp³-hybridized carbons (Fsp3) is 0.133. The Morgan fingerprint density at radius 3 is 2.15 bits per heavy atom. The largest absolute Gasteiger partial charge is 0.298 e. The average molecular weight is 289 g/mol. The molecular formula is C15H15NO3S. The number of sulfonamides is 1. The van der Waals surface area contributed by atoms with E-state index < -0.39 is 10.0 Å². The molecule has 0 heterocycles. The molecule has 0 fully saturated rings.